The summed E-state index contributed by atoms with van der Waals surface area (Å²) in [7, 11) is 0. The minimum absolute atomic E-state index is 0.00445. The molecule has 19 heavy (non-hydrogen) atoms. The molecule has 0 aromatic rings. The van der Waals surface area contributed by atoms with Crippen LogP contribution in [0.25, 0.3) is 0 Å². The van der Waals surface area contributed by atoms with Crippen LogP contribution in [-0.2, 0) is 19.1 Å². The largest absolute Gasteiger partial charge is 0.463 e. The number of hydrogen-bond acceptors (Lipinski definition) is 4. The monoisotopic (exact) mass is 264 g/mol. The number of esters is 1. The number of allylic oxidation sites excluding steroid dienone is 1. The average Bonchev–Trinajstić information content (AvgIpc) is 2.38. The molecule has 3 atom stereocenters. The lowest BCUT2D eigenvalue weighted by Crippen LogP contribution is -2.39. The molecule has 0 bridgehead atoms. The maximum Gasteiger partial charge on any atom is 0.302 e. The third-order valence-corrected chi connectivity index (χ3v) is 3.69. The number of ether oxygens (including phenoxy) is 2. The van der Waals surface area contributed by atoms with Crippen LogP contribution in [0.3, 0.4) is 0 Å². The molecule has 2 aliphatic rings. The van der Waals surface area contributed by atoms with E-state index < -0.39 is 12.1 Å². The molecule has 4 nitrogen and oxygen atoms in total. The molecule has 0 spiro atoms. The smallest absolute Gasteiger partial charge is 0.302 e. The number of carbonyl (C=O) groups excluding carboxylic acids is 2. The molecule has 0 N–H and O–H groups in total. The Bertz CT molecular complexity index is 422. The van der Waals surface area contributed by atoms with Gasteiger partial charge in [-0.25, -0.2) is 0 Å². The minimum Gasteiger partial charge on any atom is -0.463 e. The van der Waals surface area contributed by atoms with Crippen LogP contribution in [0.15, 0.2) is 23.8 Å². The van der Waals surface area contributed by atoms with Crippen molar-refractivity contribution in [3.8, 4) is 0 Å². The van der Waals surface area contributed by atoms with Gasteiger partial charge in [0.1, 0.15) is 6.61 Å². The van der Waals surface area contributed by atoms with E-state index in [1.165, 1.54) is 12.5 Å². The maximum absolute atomic E-state index is 11.7. The van der Waals surface area contributed by atoms with E-state index in [1.807, 2.05) is 6.08 Å². The van der Waals surface area contributed by atoms with Crippen molar-refractivity contribution in [3.05, 3.63) is 23.8 Å². The van der Waals surface area contributed by atoms with Crippen molar-refractivity contribution in [1.82, 2.24) is 0 Å². The summed E-state index contributed by atoms with van der Waals surface area (Å²) in [5.41, 5.74) is 1.32. The lowest BCUT2D eigenvalue weighted by molar-refractivity contribution is -0.151. The summed E-state index contributed by atoms with van der Waals surface area (Å²) in [6, 6.07) is 0. The van der Waals surface area contributed by atoms with Gasteiger partial charge in [0, 0.05) is 12.8 Å². The van der Waals surface area contributed by atoms with Crippen LogP contribution in [0.1, 0.15) is 33.1 Å². The number of carbonyl (C=O) groups is 2. The van der Waals surface area contributed by atoms with Gasteiger partial charge in [0.05, 0.1) is 6.10 Å². The Morgan fingerprint density at radius 3 is 3.00 bits per heavy atom. The van der Waals surface area contributed by atoms with Crippen LogP contribution < -0.4 is 0 Å². The van der Waals surface area contributed by atoms with Gasteiger partial charge < -0.3 is 9.47 Å². The van der Waals surface area contributed by atoms with Crippen molar-refractivity contribution in [2.45, 2.75) is 45.3 Å². The molecular formula is C15H20O4. The first-order valence-corrected chi connectivity index (χ1v) is 6.75. The maximum atomic E-state index is 11.7. The van der Waals surface area contributed by atoms with Gasteiger partial charge in [-0.05, 0) is 32.3 Å². The van der Waals surface area contributed by atoms with Crippen molar-refractivity contribution >= 4 is 11.8 Å². The molecule has 0 amide bonds. The highest BCUT2D eigenvalue weighted by Crippen LogP contribution is 2.31. The topological polar surface area (TPSA) is 52.6 Å². The second kappa shape index (κ2) is 6.15. The number of hydrogen-bond donors (Lipinski definition) is 0. The van der Waals surface area contributed by atoms with E-state index >= 15 is 0 Å². The normalized spacial score (nSPS) is 30.9. The Morgan fingerprint density at radius 1 is 1.53 bits per heavy atom. The van der Waals surface area contributed by atoms with Crippen molar-refractivity contribution in [2.24, 2.45) is 5.92 Å². The molecule has 0 radical (unpaired) electrons. The van der Waals surface area contributed by atoms with Gasteiger partial charge in [0.2, 0.25) is 0 Å². The van der Waals surface area contributed by atoms with Crippen LogP contribution in [0.4, 0.5) is 0 Å². The van der Waals surface area contributed by atoms with E-state index in [4.69, 9.17) is 9.47 Å². The average molecular weight is 264 g/mol. The fourth-order valence-corrected chi connectivity index (χ4v) is 2.61. The van der Waals surface area contributed by atoms with Crippen LogP contribution in [-0.4, -0.2) is 30.6 Å². The van der Waals surface area contributed by atoms with Gasteiger partial charge in [0.15, 0.2) is 11.9 Å². The van der Waals surface area contributed by atoms with Gasteiger partial charge in [0.25, 0.3) is 0 Å². The third-order valence-electron chi connectivity index (χ3n) is 3.69. The predicted molar refractivity (Wildman–Crippen MR) is 70.5 cm³/mol. The van der Waals surface area contributed by atoms with Crippen molar-refractivity contribution in [1.29, 1.82) is 0 Å². The molecule has 2 rings (SSSR count). The molecule has 0 aromatic carbocycles. The summed E-state index contributed by atoms with van der Waals surface area (Å²) in [5, 5.41) is 0. The van der Waals surface area contributed by atoms with E-state index in [-0.39, 0.29) is 18.5 Å². The van der Waals surface area contributed by atoms with Gasteiger partial charge in [-0.1, -0.05) is 17.7 Å². The van der Waals surface area contributed by atoms with E-state index in [2.05, 4.69) is 13.0 Å². The lowest BCUT2D eigenvalue weighted by atomic mass is 9.83. The Labute approximate surface area is 113 Å². The van der Waals surface area contributed by atoms with Gasteiger partial charge in [-0.15, -0.1) is 0 Å². The molecule has 0 saturated heterocycles. The summed E-state index contributed by atoms with van der Waals surface area (Å²) in [6.07, 6.45) is 8.23. The highest BCUT2D eigenvalue weighted by Gasteiger charge is 2.32. The number of rotatable bonds is 3. The zero-order valence-electron chi connectivity index (χ0n) is 11.4. The standard InChI is InChI=1S/C15H20O4/c1-10-5-3-4-6-12(10)14-8-7-13(17)15(19-14)9-18-11(2)16/h5,7-8,12,14-15H,3-4,6,9H2,1-2H3/t12?,14-,15+/m0/s1. The lowest BCUT2D eigenvalue weighted by Gasteiger charge is -2.33. The van der Waals surface area contributed by atoms with Crippen molar-refractivity contribution in [2.75, 3.05) is 6.61 Å². The molecule has 104 valence electrons. The SMILES string of the molecule is CC(=O)OC[C@H]1O[C@H](C2CCCC=C2C)C=CC1=O. The fourth-order valence-electron chi connectivity index (χ4n) is 2.61. The molecule has 0 saturated carbocycles. The Kier molecular flexibility index (Phi) is 4.53. The minimum atomic E-state index is -0.659. The predicted octanol–water partition coefficient (Wildman–Crippen LogP) is 2.19. The molecule has 1 aliphatic carbocycles. The highest BCUT2D eigenvalue weighted by molar-refractivity contribution is 5.94. The summed E-state index contributed by atoms with van der Waals surface area (Å²) in [4.78, 5) is 22.5. The Balaban J connectivity index is 2.02. The molecule has 0 aromatic heterocycles. The van der Waals surface area contributed by atoms with Gasteiger partial charge >= 0.3 is 5.97 Å². The van der Waals surface area contributed by atoms with Gasteiger partial charge in [-0.2, -0.15) is 0 Å². The second-order valence-corrected chi connectivity index (χ2v) is 5.14. The highest BCUT2D eigenvalue weighted by atomic mass is 16.6. The van der Waals surface area contributed by atoms with E-state index in [0.717, 1.165) is 19.3 Å². The zero-order chi connectivity index (χ0) is 13.8. The third kappa shape index (κ3) is 3.53. The van der Waals surface area contributed by atoms with Crippen LogP contribution in [0, 0.1) is 5.92 Å². The second-order valence-electron chi connectivity index (χ2n) is 5.14. The molecule has 0 fully saturated rings. The van der Waals surface area contributed by atoms with E-state index in [1.54, 1.807) is 6.08 Å². The Morgan fingerprint density at radius 2 is 2.32 bits per heavy atom. The van der Waals surface area contributed by atoms with Crippen LogP contribution in [0.5, 0.6) is 0 Å². The molecule has 1 heterocycles. The molecule has 1 unspecified atom stereocenters. The first-order valence-electron chi connectivity index (χ1n) is 6.75. The zero-order valence-corrected chi connectivity index (χ0v) is 11.4. The van der Waals surface area contributed by atoms with Crippen LogP contribution >= 0.6 is 0 Å². The summed E-state index contributed by atoms with van der Waals surface area (Å²) in [6.45, 7) is 3.44. The molecule has 4 heteroatoms. The molecular weight excluding hydrogens is 244 g/mol. The fraction of sp³-hybridized carbons (Fsp3) is 0.600. The van der Waals surface area contributed by atoms with Crippen molar-refractivity contribution in [3.63, 3.8) is 0 Å². The number of ketones is 1. The first kappa shape index (κ1) is 14.0. The van der Waals surface area contributed by atoms with E-state index in [0.29, 0.717) is 5.92 Å². The Hall–Kier alpha value is -1.42. The summed E-state index contributed by atoms with van der Waals surface area (Å²) >= 11 is 0. The first-order chi connectivity index (χ1) is 9.08. The quantitative estimate of drug-likeness (QED) is 0.579. The van der Waals surface area contributed by atoms with Gasteiger partial charge in [-0.3, -0.25) is 9.59 Å². The van der Waals surface area contributed by atoms with Crippen molar-refractivity contribution < 1.29 is 19.1 Å². The van der Waals surface area contributed by atoms with Crippen LogP contribution in [0.2, 0.25) is 0 Å². The summed E-state index contributed by atoms with van der Waals surface area (Å²) < 4.78 is 10.7. The summed E-state index contributed by atoms with van der Waals surface area (Å²) in [5.74, 6) is -0.191. The van der Waals surface area contributed by atoms with E-state index in [9.17, 15) is 9.59 Å². The molecule has 1 aliphatic heterocycles.